The van der Waals surface area contributed by atoms with E-state index in [0.717, 1.165) is 27.8 Å². The van der Waals surface area contributed by atoms with Gasteiger partial charge >= 0.3 is 0 Å². The lowest BCUT2D eigenvalue weighted by molar-refractivity contribution is 0.282. The monoisotopic (exact) mass is 228 g/mol. The molecule has 2 nitrogen and oxygen atoms in total. The van der Waals surface area contributed by atoms with Crippen LogP contribution in [0.15, 0.2) is 36.4 Å². The Kier molecular flexibility index (Phi) is 3.16. The molecule has 0 spiro atoms. The van der Waals surface area contributed by atoms with Gasteiger partial charge in [-0.2, -0.15) is 0 Å². The zero-order valence-corrected chi connectivity index (χ0v) is 10.1. The lowest BCUT2D eigenvalue weighted by Crippen LogP contribution is -1.88. The number of benzene rings is 2. The first-order valence-electron chi connectivity index (χ1n) is 5.62. The number of hydrogen-bond donors (Lipinski definition) is 2. The van der Waals surface area contributed by atoms with Gasteiger partial charge in [-0.3, -0.25) is 0 Å². The molecule has 0 bridgehead atoms. The van der Waals surface area contributed by atoms with Crippen molar-refractivity contribution in [1.82, 2.24) is 0 Å². The minimum absolute atomic E-state index is 0.0456. The molecule has 0 amide bonds. The van der Waals surface area contributed by atoms with Crippen LogP contribution in [0.5, 0.6) is 5.75 Å². The summed E-state index contributed by atoms with van der Waals surface area (Å²) >= 11 is 0. The van der Waals surface area contributed by atoms with Gasteiger partial charge in [0.25, 0.3) is 0 Å². The second-order valence-corrected chi connectivity index (χ2v) is 4.31. The van der Waals surface area contributed by atoms with Crippen LogP contribution in [0.2, 0.25) is 0 Å². The van der Waals surface area contributed by atoms with E-state index in [1.54, 1.807) is 6.07 Å². The Balaban J connectivity index is 2.56. The molecule has 0 saturated carbocycles. The molecule has 0 aliphatic carbocycles. The van der Waals surface area contributed by atoms with Crippen molar-refractivity contribution in [2.75, 3.05) is 0 Å². The largest absolute Gasteiger partial charge is 0.508 e. The van der Waals surface area contributed by atoms with Gasteiger partial charge in [0.1, 0.15) is 5.75 Å². The van der Waals surface area contributed by atoms with Crippen LogP contribution in [0.25, 0.3) is 11.1 Å². The summed E-state index contributed by atoms with van der Waals surface area (Å²) in [5.74, 6) is 0.324. The Morgan fingerprint density at radius 1 is 1.00 bits per heavy atom. The fourth-order valence-electron chi connectivity index (χ4n) is 1.95. The molecule has 2 aromatic carbocycles. The molecule has 2 aromatic rings. The first kappa shape index (κ1) is 11.7. The molecule has 88 valence electrons. The van der Waals surface area contributed by atoms with Crippen molar-refractivity contribution >= 4 is 0 Å². The van der Waals surface area contributed by atoms with Crippen LogP contribution in [0.1, 0.15) is 16.7 Å². The summed E-state index contributed by atoms with van der Waals surface area (Å²) in [6.07, 6.45) is 0. The minimum Gasteiger partial charge on any atom is -0.508 e. The van der Waals surface area contributed by atoms with E-state index in [9.17, 15) is 5.11 Å². The molecular weight excluding hydrogens is 212 g/mol. The van der Waals surface area contributed by atoms with E-state index in [1.807, 2.05) is 44.2 Å². The number of rotatable bonds is 2. The summed E-state index contributed by atoms with van der Waals surface area (Å²) in [6.45, 7) is 3.90. The molecule has 0 atom stereocenters. The number of aliphatic hydroxyl groups is 1. The second-order valence-electron chi connectivity index (χ2n) is 4.31. The number of phenols is 1. The number of hydrogen-bond acceptors (Lipinski definition) is 2. The van der Waals surface area contributed by atoms with Gasteiger partial charge in [0.15, 0.2) is 0 Å². The van der Waals surface area contributed by atoms with Gasteiger partial charge in [-0.1, -0.05) is 18.2 Å². The van der Waals surface area contributed by atoms with E-state index < -0.39 is 0 Å². The van der Waals surface area contributed by atoms with Gasteiger partial charge in [0, 0.05) is 0 Å². The molecule has 2 N–H and O–H groups in total. The van der Waals surface area contributed by atoms with Gasteiger partial charge in [-0.25, -0.2) is 0 Å². The van der Waals surface area contributed by atoms with Gasteiger partial charge in [-0.05, 0) is 59.9 Å². The van der Waals surface area contributed by atoms with Crippen LogP contribution in [-0.4, -0.2) is 10.2 Å². The number of phenolic OH excluding ortho intramolecular Hbond substituents is 1. The summed E-state index contributed by atoms with van der Waals surface area (Å²) in [6, 6.07) is 11.6. The highest BCUT2D eigenvalue weighted by atomic mass is 16.3. The van der Waals surface area contributed by atoms with Crippen LogP contribution in [0.4, 0.5) is 0 Å². The molecule has 0 radical (unpaired) electrons. The summed E-state index contributed by atoms with van der Waals surface area (Å²) in [4.78, 5) is 0. The van der Waals surface area contributed by atoms with Gasteiger partial charge in [0.2, 0.25) is 0 Å². The van der Waals surface area contributed by atoms with Gasteiger partial charge < -0.3 is 10.2 Å². The summed E-state index contributed by atoms with van der Waals surface area (Å²) in [5.41, 5.74) is 4.95. The van der Waals surface area contributed by atoms with E-state index in [-0.39, 0.29) is 6.61 Å². The van der Waals surface area contributed by atoms with Crippen molar-refractivity contribution in [1.29, 1.82) is 0 Å². The molecule has 2 rings (SSSR count). The maximum absolute atomic E-state index is 9.63. The van der Waals surface area contributed by atoms with Crippen LogP contribution in [0.3, 0.4) is 0 Å². The van der Waals surface area contributed by atoms with Gasteiger partial charge in [0.05, 0.1) is 6.61 Å². The predicted octanol–water partition coefficient (Wildman–Crippen LogP) is 3.17. The first-order chi connectivity index (χ1) is 8.11. The van der Waals surface area contributed by atoms with Crippen LogP contribution >= 0.6 is 0 Å². The number of aliphatic hydroxyl groups excluding tert-OH is 1. The maximum atomic E-state index is 9.63. The fourth-order valence-corrected chi connectivity index (χ4v) is 1.95. The third-order valence-corrected chi connectivity index (χ3v) is 2.96. The third-order valence-electron chi connectivity index (χ3n) is 2.96. The summed E-state index contributed by atoms with van der Waals surface area (Å²) < 4.78 is 0. The van der Waals surface area contributed by atoms with Crippen LogP contribution in [0, 0.1) is 13.8 Å². The highest BCUT2D eigenvalue weighted by Gasteiger charge is 2.06. The predicted molar refractivity (Wildman–Crippen MR) is 68.9 cm³/mol. The molecule has 0 fully saturated rings. The SMILES string of the molecule is Cc1cc(-c2cccc(CO)c2)c(C)cc1O. The summed E-state index contributed by atoms with van der Waals surface area (Å²) in [5, 5.41) is 18.8. The van der Waals surface area contributed by atoms with Crippen molar-refractivity contribution < 1.29 is 10.2 Å². The Morgan fingerprint density at radius 2 is 1.76 bits per heavy atom. The minimum atomic E-state index is 0.0456. The highest BCUT2D eigenvalue weighted by molar-refractivity contribution is 5.70. The van der Waals surface area contributed by atoms with Crippen LogP contribution < -0.4 is 0 Å². The molecular formula is C15H16O2. The lowest BCUT2D eigenvalue weighted by atomic mass is 9.96. The molecule has 0 saturated heterocycles. The number of aromatic hydroxyl groups is 1. The standard InChI is InChI=1S/C15H16O2/c1-10-7-15(17)11(2)6-14(10)13-5-3-4-12(8-13)9-16/h3-8,16-17H,9H2,1-2H3. The zero-order chi connectivity index (χ0) is 12.4. The fraction of sp³-hybridized carbons (Fsp3) is 0.200. The van der Waals surface area contributed by atoms with E-state index in [2.05, 4.69) is 0 Å². The molecule has 0 aromatic heterocycles. The topological polar surface area (TPSA) is 40.5 Å². The molecule has 0 aliphatic heterocycles. The first-order valence-corrected chi connectivity index (χ1v) is 5.62. The molecule has 0 heterocycles. The van der Waals surface area contributed by atoms with Crippen molar-refractivity contribution in [3.05, 3.63) is 53.1 Å². The van der Waals surface area contributed by atoms with Crippen molar-refractivity contribution in [2.24, 2.45) is 0 Å². The lowest BCUT2D eigenvalue weighted by Gasteiger charge is -2.10. The Hall–Kier alpha value is -1.80. The molecule has 17 heavy (non-hydrogen) atoms. The van der Waals surface area contributed by atoms with Crippen molar-refractivity contribution in [3.63, 3.8) is 0 Å². The smallest absolute Gasteiger partial charge is 0.118 e. The van der Waals surface area contributed by atoms with E-state index in [0.29, 0.717) is 5.75 Å². The van der Waals surface area contributed by atoms with Crippen molar-refractivity contribution in [3.8, 4) is 16.9 Å². The van der Waals surface area contributed by atoms with E-state index >= 15 is 0 Å². The third kappa shape index (κ3) is 2.32. The Labute approximate surface area is 101 Å². The van der Waals surface area contributed by atoms with Crippen LogP contribution in [-0.2, 0) is 6.61 Å². The molecule has 2 heteroatoms. The van der Waals surface area contributed by atoms with Gasteiger partial charge in [-0.15, -0.1) is 0 Å². The average molecular weight is 228 g/mol. The van der Waals surface area contributed by atoms with E-state index in [1.165, 1.54) is 0 Å². The Bertz CT molecular complexity index is 545. The van der Waals surface area contributed by atoms with E-state index in [4.69, 9.17) is 5.11 Å². The maximum Gasteiger partial charge on any atom is 0.118 e. The highest BCUT2D eigenvalue weighted by Crippen LogP contribution is 2.29. The molecule has 0 unspecified atom stereocenters. The molecule has 0 aliphatic rings. The summed E-state index contributed by atoms with van der Waals surface area (Å²) in [7, 11) is 0. The zero-order valence-electron chi connectivity index (χ0n) is 10.1. The second kappa shape index (κ2) is 4.60. The quantitative estimate of drug-likeness (QED) is 0.828. The Morgan fingerprint density at radius 3 is 2.47 bits per heavy atom. The normalized spacial score (nSPS) is 10.5. The average Bonchev–Trinajstić information content (AvgIpc) is 2.34. The van der Waals surface area contributed by atoms with Crippen molar-refractivity contribution in [2.45, 2.75) is 20.5 Å². The number of aryl methyl sites for hydroxylation is 2.